The molecule has 92 valence electrons. The lowest BCUT2D eigenvalue weighted by atomic mass is 10.2. The van der Waals surface area contributed by atoms with Crippen LogP contribution in [0.25, 0.3) is 16.8 Å². The average Bonchev–Trinajstić information content (AvgIpc) is 2.76. The number of rotatable bonds is 2. The standard InChI is InChI=1S/C12H10FN3O2/c1-6-9(5-11(17)18)16-10-4-7(13)2-3-8(10)15-12(16)14-6/h2-4H,5H2,1H3,(H,14,15)(H,17,18). The summed E-state index contributed by atoms with van der Waals surface area (Å²) in [6.45, 7) is 1.78. The highest BCUT2D eigenvalue weighted by atomic mass is 19.1. The highest BCUT2D eigenvalue weighted by molar-refractivity contribution is 5.81. The van der Waals surface area contributed by atoms with Crippen molar-refractivity contribution in [3.05, 3.63) is 35.4 Å². The molecule has 0 amide bonds. The van der Waals surface area contributed by atoms with Gasteiger partial charge in [-0.05, 0) is 19.1 Å². The van der Waals surface area contributed by atoms with Gasteiger partial charge >= 0.3 is 5.97 Å². The van der Waals surface area contributed by atoms with Crippen LogP contribution in [0, 0.1) is 12.7 Å². The van der Waals surface area contributed by atoms with E-state index in [1.807, 2.05) is 0 Å². The van der Waals surface area contributed by atoms with Gasteiger partial charge in [0, 0.05) is 11.8 Å². The van der Waals surface area contributed by atoms with Crippen molar-refractivity contribution in [3.63, 3.8) is 0 Å². The molecule has 0 aliphatic carbocycles. The molecule has 0 fully saturated rings. The predicted molar refractivity (Wildman–Crippen MR) is 63.1 cm³/mol. The minimum absolute atomic E-state index is 0.131. The summed E-state index contributed by atoms with van der Waals surface area (Å²) in [5.74, 6) is -0.772. The average molecular weight is 247 g/mol. The Morgan fingerprint density at radius 3 is 3.06 bits per heavy atom. The number of aliphatic carboxylic acids is 1. The van der Waals surface area contributed by atoms with Crippen LogP contribution in [0.4, 0.5) is 4.39 Å². The molecule has 0 bridgehead atoms. The van der Waals surface area contributed by atoms with E-state index < -0.39 is 5.97 Å². The molecule has 0 atom stereocenters. The van der Waals surface area contributed by atoms with Crippen LogP contribution in [0.1, 0.15) is 11.4 Å². The summed E-state index contributed by atoms with van der Waals surface area (Å²) in [7, 11) is 0. The first kappa shape index (κ1) is 10.8. The van der Waals surface area contributed by atoms with E-state index in [1.54, 1.807) is 17.4 Å². The molecule has 0 saturated heterocycles. The van der Waals surface area contributed by atoms with Gasteiger partial charge in [-0.1, -0.05) is 0 Å². The number of H-pyrrole nitrogens is 1. The minimum atomic E-state index is -0.933. The lowest BCUT2D eigenvalue weighted by Gasteiger charge is -1.99. The molecule has 5 nitrogen and oxygen atoms in total. The number of aromatic nitrogens is 3. The van der Waals surface area contributed by atoms with Gasteiger partial charge in [0.15, 0.2) is 0 Å². The number of nitrogens with one attached hydrogen (secondary N) is 1. The lowest BCUT2D eigenvalue weighted by Crippen LogP contribution is -2.04. The van der Waals surface area contributed by atoms with Crippen molar-refractivity contribution in [2.45, 2.75) is 13.3 Å². The molecule has 0 spiro atoms. The first-order chi connectivity index (χ1) is 8.56. The van der Waals surface area contributed by atoms with Crippen LogP contribution < -0.4 is 0 Å². The third kappa shape index (κ3) is 1.46. The van der Waals surface area contributed by atoms with Gasteiger partial charge < -0.3 is 10.1 Å². The zero-order chi connectivity index (χ0) is 12.9. The second-order valence-corrected chi connectivity index (χ2v) is 4.17. The number of fused-ring (bicyclic) bond motifs is 3. The van der Waals surface area contributed by atoms with Crippen molar-refractivity contribution in [3.8, 4) is 0 Å². The van der Waals surface area contributed by atoms with Crippen molar-refractivity contribution in [2.24, 2.45) is 0 Å². The Morgan fingerprint density at radius 1 is 1.56 bits per heavy atom. The maximum absolute atomic E-state index is 13.3. The number of aromatic amines is 1. The van der Waals surface area contributed by atoms with Gasteiger partial charge in [0.05, 0.1) is 23.1 Å². The molecule has 0 aliphatic heterocycles. The summed E-state index contributed by atoms with van der Waals surface area (Å²) in [6.07, 6.45) is -0.131. The van der Waals surface area contributed by atoms with Crippen molar-refractivity contribution in [2.75, 3.05) is 0 Å². The molecule has 3 aromatic rings. The number of carbonyl (C=O) groups is 1. The molecule has 2 aromatic heterocycles. The highest BCUT2D eigenvalue weighted by Crippen LogP contribution is 2.21. The largest absolute Gasteiger partial charge is 0.481 e. The van der Waals surface area contributed by atoms with Gasteiger partial charge in [-0.3, -0.25) is 9.20 Å². The minimum Gasteiger partial charge on any atom is -0.481 e. The molecule has 6 heteroatoms. The topological polar surface area (TPSA) is 70.4 Å². The third-order valence-corrected chi connectivity index (χ3v) is 2.94. The third-order valence-electron chi connectivity index (χ3n) is 2.94. The van der Waals surface area contributed by atoms with Gasteiger partial charge in [-0.25, -0.2) is 9.37 Å². The van der Waals surface area contributed by atoms with Gasteiger partial charge in [-0.15, -0.1) is 0 Å². The Bertz CT molecular complexity index is 772. The molecule has 0 saturated carbocycles. The van der Waals surface area contributed by atoms with Crippen molar-refractivity contribution < 1.29 is 14.3 Å². The number of imidazole rings is 2. The summed E-state index contributed by atoms with van der Waals surface area (Å²) < 4.78 is 14.9. The molecule has 2 N–H and O–H groups in total. The van der Waals surface area contributed by atoms with Crippen LogP contribution in [-0.2, 0) is 11.2 Å². The lowest BCUT2D eigenvalue weighted by molar-refractivity contribution is -0.136. The highest BCUT2D eigenvalue weighted by Gasteiger charge is 2.16. The van der Waals surface area contributed by atoms with E-state index >= 15 is 0 Å². The monoisotopic (exact) mass is 247 g/mol. The molecule has 0 unspecified atom stereocenters. The van der Waals surface area contributed by atoms with E-state index in [1.165, 1.54) is 12.1 Å². The normalized spacial score (nSPS) is 11.4. The summed E-state index contributed by atoms with van der Waals surface area (Å²) in [5.41, 5.74) is 2.52. The first-order valence-corrected chi connectivity index (χ1v) is 5.43. The van der Waals surface area contributed by atoms with Gasteiger partial charge in [0.1, 0.15) is 5.82 Å². The van der Waals surface area contributed by atoms with Crippen molar-refractivity contribution >= 4 is 22.8 Å². The molecule has 0 aliphatic rings. The Balaban J connectivity index is 2.39. The fourth-order valence-corrected chi connectivity index (χ4v) is 2.17. The summed E-state index contributed by atoms with van der Waals surface area (Å²) in [5, 5.41) is 8.91. The fraction of sp³-hybridized carbons (Fsp3) is 0.167. The molecule has 18 heavy (non-hydrogen) atoms. The van der Waals surface area contributed by atoms with Crippen LogP contribution in [0.5, 0.6) is 0 Å². The van der Waals surface area contributed by atoms with Crippen LogP contribution in [0.15, 0.2) is 18.2 Å². The Kier molecular flexibility index (Phi) is 2.13. The maximum atomic E-state index is 13.3. The molecular weight excluding hydrogens is 237 g/mol. The number of halogens is 1. The number of carboxylic acid groups (broad SMARTS) is 1. The maximum Gasteiger partial charge on any atom is 0.309 e. The molecular formula is C12H10FN3O2. The van der Waals surface area contributed by atoms with E-state index in [2.05, 4.69) is 9.97 Å². The Morgan fingerprint density at radius 2 is 2.33 bits per heavy atom. The van der Waals surface area contributed by atoms with Gasteiger partial charge in [0.2, 0.25) is 5.78 Å². The van der Waals surface area contributed by atoms with Crippen molar-refractivity contribution in [1.82, 2.24) is 14.4 Å². The van der Waals surface area contributed by atoms with E-state index in [-0.39, 0.29) is 12.2 Å². The summed E-state index contributed by atoms with van der Waals surface area (Å²) in [4.78, 5) is 18.2. The summed E-state index contributed by atoms with van der Waals surface area (Å²) >= 11 is 0. The predicted octanol–water partition coefficient (Wildman–Crippen LogP) is 1.89. The first-order valence-electron chi connectivity index (χ1n) is 5.43. The Labute approximate surface area is 101 Å². The van der Waals surface area contributed by atoms with E-state index in [4.69, 9.17) is 5.11 Å². The molecule has 3 rings (SSSR count). The number of benzene rings is 1. The van der Waals surface area contributed by atoms with Crippen LogP contribution in [0.2, 0.25) is 0 Å². The van der Waals surface area contributed by atoms with Crippen LogP contribution in [0.3, 0.4) is 0 Å². The Hall–Kier alpha value is -2.37. The zero-order valence-corrected chi connectivity index (χ0v) is 9.57. The quantitative estimate of drug-likeness (QED) is 0.726. The second-order valence-electron chi connectivity index (χ2n) is 4.17. The summed E-state index contributed by atoms with van der Waals surface area (Å²) in [6, 6.07) is 4.26. The van der Waals surface area contributed by atoms with Gasteiger partial charge in [0.25, 0.3) is 0 Å². The van der Waals surface area contributed by atoms with Gasteiger partial charge in [-0.2, -0.15) is 0 Å². The zero-order valence-electron chi connectivity index (χ0n) is 9.57. The van der Waals surface area contributed by atoms with E-state index in [9.17, 15) is 9.18 Å². The van der Waals surface area contributed by atoms with E-state index in [0.717, 1.165) is 5.69 Å². The van der Waals surface area contributed by atoms with Crippen molar-refractivity contribution in [1.29, 1.82) is 0 Å². The smallest absolute Gasteiger partial charge is 0.309 e. The number of hydrogen-bond donors (Lipinski definition) is 2. The molecule has 2 heterocycles. The number of carboxylic acids is 1. The number of hydrogen-bond acceptors (Lipinski definition) is 2. The SMILES string of the molecule is Cc1[nH]c2nc3ccc(F)cc3n2c1CC(=O)O. The number of nitrogens with zero attached hydrogens (tertiary/aromatic N) is 2. The fourth-order valence-electron chi connectivity index (χ4n) is 2.17. The van der Waals surface area contributed by atoms with E-state index in [0.29, 0.717) is 22.5 Å². The second kappa shape index (κ2) is 3.56. The van der Waals surface area contributed by atoms with Crippen LogP contribution in [-0.4, -0.2) is 25.4 Å². The molecule has 1 aromatic carbocycles. The number of aryl methyl sites for hydroxylation is 1. The van der Waals surface area contributed by atoms with Crippen LogP contribution >= 0.6 is 0 Å². The molecule has 0 radical (unpaired) electrons.